The van der Waals surface area contributed by atoms with Crippen molar-refractivity contribution >= 4 is 19.3 Å². The largest absolute Gasteiger partial charge is 0.492 e. The second-order valence-electron chi connectivity index (χ2n) is 11.3. The van der Waals surface area contributed by atoms with E-state index in [0.29, 0.717) is 0 Å². The van der Waals surface area contributed by atoms with Crippen LogP contribution in [0.3, 0.4) is 0 Å². The smallest absolute Gasteiger partial charge is 0.449 e. The van der Waals surface area contributed by atoms with Gasteiger partial charge < -0.3 is 19.4 Å². The molecule has 2 aliphatic rings. The number of benzene rings is 2. The van der Waals surface area contributed by atoms with Gasteiger partial charge in [0.05, 0.1) is 17.4 Å². The highest BCUT2D eigenvalue weighted by molar-refractivity contribution is 6.56. The van der Waals surface area contributed by atoms with Crippen molar-refractivity contribution in [1.82, 2.24) is 15.1 Å². The number of hydrogen-bond acceptors (Lipinski definition) is 5. The molecule has 1 aromatic heterocycles. The maximum atomic E-state index is 12.9. The van der Waals surface area contributed by atoms with Gasteiger partial charge in [0.1, 0.15) is 6.61 Å². The van der Waals surface area contributed by atoms with Gasteiger partial charge in [-0.2, -0.15) is 5.10 Å². The monoisotopic (exact) mass is 513 g/mol. The molecule has 0 unspecified atom stereocenters. The molecule has 1 saturated heterocycles. The van der Waals surface area contributed by atoms with Crippen LogP contribution in [-0.2, 0) is 14.0 Å². The van der Waals surface area contributed by atoms with E-state index >= 15 is 0 Å². The normalized spacial score (nSPS) is 18.0. The molecule has 0 saturated carbocycles. The second kappa shape index (κ2) is 10.1. The van der Waals surface area contributed by atoms with Crippen molar-refractivity contribution in [3.63, 3.8) is 0 Å². The topological polar surface area (TPSA) is 74.6 Å². The van der Waals surface area contributed by atoms with Gasteiger partial charge in [-0.1, -0.05) is 54.6 Å². The zero-order chi connectivity index (χ0) is 27.1. The van der Waals surface area contributed by atoms with Crippen molar-refractivity contribution in [2.75, 3.05) is 13.2 Å². The number of carbonyl (C=O) groups is 1. The highest BCUT2D eigenvalue weighted by atomic mass is 16.7. The number of ether oxygens (including phenoxy) is 1. The first-order chi connectivity index (χ1) is 18.1. The van der Waals surface area contributed by atoms with Crippen LogP contribution in [0.2, 0.25) is 0 Å². The van der Waals surface area contributed by atoms with Gasteiger partial charge >= 0.3 is 13.2 Å². The predicted octanol–water partition coefficient (Wildman–Crippen LogP) is 6.02. The van der Waals surface area contributed by atoms with Crippen molar-refractivity contribution in [3.8, 4) is 11.1 Å². The Morgan fingerprint density at radius 2 is 1.63 bits per heavy atom. The summed E-state index contributed by atoms with van der Waals surface area (Å²) in [5.74, 6) is 0.00753. The molecule has 0 spiro atoms. The third-order valence-corrected chi connectivity index (χ3v) is 7.84. The second-order valence-corrected chi connectivity index (χ2v) is 11.3. The molecular weight excluding hydrogens is 477 g/mol. The van der Waals surface area contributed by atoms with Gasteiger partial charge in [0.15, 0.2) is 0 Å². The lowest BCUT2D eigenvalue weighted by molar-refractivity contribution is 0.00578. The molecule has 3 aromatic rings. The molecule has 1 aliphatic heterocycles. The van der Waals surface area contributed by atoms with Crippen molar-refractivity contribution < 1.29 is 18.8 Å². The molecule has 0 atom stereocenters. The number of alkyl carbamates (subject to hydrolysis) is 1. The number of fused-ring (bicyclic) bond motifs is 3. The van der Waals surface area contributed by atoms with Gasteiger partial charge in [-0.3, -0.25) is 4.68 Å². The maximum absolute atomic E-state index is 12.9. The summed E-state index contributed by atoms with van der Waals surface area (Å²) in [5.41, 5.74) is 5.47. The fraction of sp³-hybridized carbons (Fsp3) is 0.400. The van der Waals surface area contributed by atoms with Crippen LogP contribution < -0.4 is 5.32 Å². The van der Waals surface area contributed by atoms with E-state index in [9.17, 15) is 4.79 Å². The Bertz CT molecular complexity index is 1300. The van der Waals surface area contributed by atoms with Crippen molar-refractivity contribution in [3.05, 3.63) is 83.1 Å². The highest BCUT2D eigenvalue weighted by Crippen LogP contribution is 2.44. The molecule has 198 valence electrons. The van der Waals surface area contributed by atoms with Crippen molar-refractivity contribution in [1.29, 1.82) is 0 Å². The van der Waals surface area contributed by atoms with E-state index in [0.717, 1.165) is 11.0 Å². The Kier molecular flexibility index (Phi) is 6.96. The quantitative estimate of drug-likeness (QED) is 0.392. The van der Waals surface area contributed by atoms with Crippen LogP contribution in [0, 0.1) is 0 Å². The number of amides is 1. The summed E-state index contributed by atoms with van der Waals surface area (Å²) >= 11 is 0. The summed E-state index contributed by atoms with van der Waals surface area (Å²) in [6.07, 6.45) is 5.27. The predicted molar refractivity (Wildman–Crippen MR) is 150 cm³/mol. The Morgan fingerprint density at radius 1 is 1.05 bits per heavy atom. The van der Waals surface area contributed by atoms with Crippen LogP contribution in [0.25, 0.3) is 17.2 Å². The number of carbonyl (C=O) groups excluding carboxylic acids is 1. The third-order valence-electron chi connectivity index (χ3n) is 7.84. The van der Waals surface area contributed by atoms with E-state index in [1.54, 1.807) is 6.20 Å². The Labute approximate surface area is 225 Å². The standard InChI is InChI=1S/C30H36BN3O4/c1-20(2)34-18-21(16-33-34)15-22(31-37-29(3,4)30(5,6)38-31)17-32-28(35)36-19-27-25-13-9-7-11-23(25)24-12-8-10-14-26(24)27/h7-16,18,20,27H,17,19H2,1-6H3,(H,32,35). The first-order valence-corrected chi connectivity index (χ1v) is 13.2. The minimum absolute atomic E-state index is 0.00753. The zero-order valence-corrected chi connectivity index (χ0v) is 23.0. The number of hydrogen-bond donors (Lipinski definition) is 1. The number of rotatable bonds is 7. The van der Waals surface area contributed by atoms with E-state index in [4.69, 9.17) is 14.0 Å². The lowest BCUT2D eigenvalue weighted by atomic mass is 9.77. The molecular formula is C30H36BN3O4. The van der Waals surface area contributed by atoms with Crippen LogP contribution >= 0.6 is 0 Å². The maximum Gasteiger partial charge on any atom is 0.492 e. The molecule has 2 aromatic carbocycles. The summed E-state index contributed by atoms with van der Waals surface area (Å²) in [5, 5.41) is 7.36. The van der Waals surface area contributed by atoms with Gasteiger partial charge in [0, 0.05) is 30.3 Å². The highest BCUT2D eigenvalue weighted by Gasteiger charge is 2.52. The first kappa shape index (κ1) is 26.3. The minimum Gasteiger partial charge on any atom is -0.449 e. The molecule has 5 rings (SSSR count). The zero-order valence-electron chi connectivity index (χ0n) is 23.0. The van der Waals surface area contributed by atoms with Crippen LogP contribution in [0.1, 0.15) is 70.2 Å². The minimum atomic E-state index is -0.601. The Hall–Kier alpha value is -3.36. The van der Waals surface area contributed by atoms with Crippen LogP contribution in [0.4, 0.5) is 4.79 Å². The summed E-state index contributed by atoms with van der Waals surface area (Å²) < 4.78 is 20.2. The Morgan fingerprint density at radius 3 is 2.18 bits per heavy atom. The van der Waals surface area contributed by atoms with E-state index < -0.39 is 24.4 Å². The van der Waals surface area contributed by atoms with E-state index in [-0.39, 0.29) is 25.1 Å². The fourth-order valence-electron chi connectivity index (χ4n) is 4.94. The van der Waals surface area contributed by atoms with Gasteiger partial charge in [-0.05, 0) is 69.3 Å². The average Bonchev–Trinajstić information content (AvgIpc) is 3.53. The van der Waals surface area contributed by atoms with Gasteiger partial charge in [-0.25, -0.2) is 4.79 Å². The number of aromatic nitrogens is 2. The molecule has 38 heavy (non-hydrogen) atoms. The summed E-state index contributed by atoms with van der Waals surface area (Å²) in [7, 11) is -0.601. The lowest BCUT2D eigenvalue weighted by Crippen LogP contribution is -2.41. The fourth-order valence-corrected chi connectivity index (χ4v) is 4.94. The molecule has 1 N–H and O–H groups in total. The van der Waals surface area contributed by atoms with E-state index in [2.05, 4.69) is 48.5 Å². The molecule has 1 aliphatic carbocycles. The molecule has 1 fully saturated rings. The molecule has 0 radical (unpaired) electrons. The van der Waals surface area contributed by atoms with E-state index in [1.807, 2.05) is 68.9 Å². The van der Waals surface area contributed by atoms with Crippen molar-refractivity contribution in [2.45, 2.75) is 64.7 Å². The Balaban J connectivity index is 1.29. The van der Waals surface area contributed by atoms with E-state index in [1.165, 1.54) is 22.3 Å². The SMILES string of the molecule is CC(C)n1cc(C=C(CNC(=O)OCC2c3ccccc3-c3ccccc32)B2OC(C)(C)C(C)(C)O2)cn1. The number of nitrogens with one attached hydrogen (secondary N) is 1. The van der Waals surface area contributed by atoms with Crippen molar-refractivity contribution in [2.24, 2.45) is 0 Å². The summed E-state index contributed by atoms with van der Waals surface area (Å²) in [6, 6.07) is 16.8. The first-order valence-electron chi connectivity index (χ1n) is 13.2. The lowest BCUT2D eigenvalue weighted by Gasteiger charge is -2.32. The van der Waals surface area contributed by atoms with Crippen LogP contribution in [0.15, 0.2) is 66.4 Å². The van der Waals surface area contributed by atoms with Crippen LogP contribution in [-0.4, -0.2) is 47.3 Å². The summed E-state index contributed by atoms with van der Waals surface area (Å²) in [6.45, 7) is 12.7. The average molecular weight is 513 g/mol. The summed E-state index contributed by atoms with van der Waals surface area (Å²) in [4.78, 5) is 12.9. The van der Waals surface area contributed by atoms with Crippen LogP contribution in [0.5, 0.6) is 0 Å². The number of nitrogens with zero attached hydrogens (tertiary/aromatic N) is 2. The third kappa shape index (κ3) is 5.03. The van der Waals surface area contributed by atoms with Gasteiger partial charge in [0.25, 0.3) is 0 Å². The molecule has 7 nitrogen and oxygen atoms in total. The van der Waals surface area contributed by atoms with Gasteiger partial charge in [-0.15, -0.1) is 0 Å². The van der Waals surface area contributed by atoms with Gasteiger partial charge in [0.2, 0.25) is 0 Å². The molecule has 2 heterocycles. The molecule has 8 heteroatoms. The molecule has 0 bridgehead atoms. The molecule has 1 amide bonds.